The quantitative estimate of drug-likeness (QED) is 0.475. The third-order valence-electron chi connectivity index (χ3n) is 5.54. The van der Waals surface area contributed by atoms with E-state index in [1.807, 2.05) is 54.6 Å². The number of rotatable bonds is 5. The molecule has 1 heterocycles. The predicted octanol–water partition coefficient (Wildman–Crippen LogP) is 5.02. The van der Waals surface area contributed by atoms with E-state index in [-0.39, 0.29) is 17.1 Å². The van der Waals surface area contributed by atoms with Gasteiger partial charge in [-0.05, 0) is 32.1 Å². The van der Waals surface area contributed by atoms with Gasteiger partial charge in [-0.25, -0.2) is 0 Å². The molecule has 0 radical (unpaired) electrons. The highest BCUT2D eigenvalue weighted by molar-refractivity contribution is 6.09. The van der Waals surface area contributed by atoms with Gasteiger partial charge in [-0.2, -0.15) is 0 Å². The maximum Gasteiger partial charge on any atom is 0.196 e. The van der Waals surface area contributed by atoms with Gasteiger partial charge >= 0.3 is 0 Å². The van der Waals surface area contributed by atoms with E-state index in [2.05, 4.69) is 0 Å². The van der Waals surface area contributed by atoms with Crippen LogP contribution in [-0.4, -0.2) is 16.7 Å². The van der Waals surface area contributed by atoms with Crippen LogP contribution in [0.15, 0.2) is 114 Å². The molecule has 1 atom stereocenters. The zero-order valence-corrected chi connectivity index (χ0v) is 17.4. The molecule has 4 heteroatoms. The highest BCUT2D eigenvalue weighted by Gasteiger charge is 2.50. The average molecular weight is 409 g/mol. The maximum atomic E-state index is 13.1. The molecule has 0 bridgehead atoms. The minimum Gasteiger partial charge on any atom is -0.363 e. The summed E-state index contributed by atoms with van der Waals surface area (Å²) in [7, 11) is 0. The number of nitrogens with zero attached hydrogens (tertiary/aromatic N) is 1. The van der Waals surface area contributed by atoms with Crippen LogP contribution in [0.3, 0.4) is 0 Å². The lowest BCUT2D eigenvalue weighted by atomic mass is 9.88. The van der Waals surface area contributed by atoms with E-state index in [1.165, 1.54) is 13.0 Å². The molecular weight excluding hydrogens is 386 g/mol. The first kappa shape index (κ1) is 20.5. The van der Waals surface area contributed by atoms with Crippen molar-refractivity contribution in [2.24, 2.45) is 0 Å². The van der Waals surface area contributed by atoms with Gasteiger partial charge < -0.3 is 10.0 Å². The smallest absolute Gasteiger partial charge is 0.196 e. The summed E-state index contributed by atoms with van der Waals surface area (Å²) in [5, 5.41) is 12.2. The summed E-state index contributed by atoms with van der Waals surface area (Å²) in [4.78, 5) is 27.6. The van der Waals surface area contributed by atoms with Gasteiger partial charge in [0.05, 0.1) is 0 Å². The monoisotopic (exact) mass is 409 g/mol. The van der Waals surface area contributed by atoms with Gasteiger partial charge in [-0.3, -0.25) is 9.59 Å². The Morgan fingerprint density at radius 3 is 1.90 bits per heavy atom. The summed E-state index contributed by atoms with van der Waals surface area (Å²) in [6.07, 6.45) is 1.39. The number of Topliss-reactive ketones (excluding diaryl/α,β-unsaturated/α-hetero) is 1. The fourth-order valence-corrected chi connectivity index (χ4v) is 4.19. The number of aliphatic hydroxyl groups is 1. The van der Waals surface area contributed by atoms with Crippen LogP contribution < -0.4 is 4.90 Å². The van der Waals surface area contributed by atoms with Gasteiger partial charge in [0.15, 0.2) is 17.3 Å². The Labute approximate surface area is 181 Å². The summed E-state index contributed by atoms with van der Waals surface area (Å²) in [6.45, 7) is 3.26. The van der Waals surface area contributed by atoms with Crippen molar-refractivity contribution in [3.05, 3.63) is 125 Å². The van der Waals surface area contributed by atoms with Crippen LogP contribution in [0.2, 0.25) is 0 Å². The van der Waals surface area contributed by atoms with Gasteiger partial charge in [0.25, 0.3) is 0 Å². The molecule has 31 heavy (non-hydrogen) atoms. The van der Waals surface area contributed by atoms with E-state index in [4.69, 9.17) is 0 Å². The van der Waals surface area contributed by atoms with Gasteiger partial charge in [-0.1, -0.05) is 78.9 Å². The van der Waals surface area contributed by atoms with E-state index in [0.717, 1.165) is 5.69 Å². The first-order valence-corrected chi connectivity index (χ1v) is 10.1. The van der Waals surface area contributed by atoms with Crippen molar-refractivity contribution < 1.29 is 14.7 Å². The first-order chi connectivity index (χ1) is 14.9. The minimum atomic E-state index is -1.71. The average Bonchev–Trinajstić information content (AvgIpc) is 3.02. The lowest BCUT2D eigenvalue weighted by Gasteiger charge is -2.38. The number of hydrogen-bond acceptors (Lipinski definition) is 4. The molecule has 1 N–H and O–H groups in total. The Bertz CT molecular complexity index is 1180. The van der Waals surface area contributed by atoms with Crippen molar-refractivity contribution >= 4 is 17.3 Å². The van der Waals surface area contributed by atoms with Crippen LogP contribution in [0, 0.1) is 0 Å². The fraction of sp³-hybridized carbons (Fsp3) is 0.111. The second-order valence-corrected chi connectivity index (χ2v) is 7.51. The van der Waals surface area contributed by atoms with Crippen molar-refractivity contribution in [3.63, 3.8) is 0 Å². The number of ketones is 2. The normalized spacial score (nSPS) is 19.7. The molecule has 1 unspecified atom stereocenters. The Morgan fingerprint density at radius 2 is 1.35 bits per heavy atom. The van der Waals surface area contributed by atoms with E-state index in [9.17, 15) is 14.7 Å². The standard InChI is InChI=1S/C27H23NO3/c1-19-26(20(2)29)24(18-25(30)21-12-6-3-7-13-21)27(31,22-14-8-4-9-15-22)28(19)23-16-10-5-11-17-23/h3-18,31H,1-2H3. The van der Waals surface area contributed by atoms with Crippen molar-refractivity contribution in [2.75, 3.05) is 4.90 Å². The molecule has 1 aliphatic rings. The molecule has 0 saturated carbocycles. The second kappa shape index (κ2) is 8.17. The Balaban J connectivity index is 1.99. The van der Waals surface area contributed by atoms with Crippen LogP contribution in [-0.2, 0) is 10.5 Å². The van der Waals surface area contributed by atoms with Gasteiger partial charge in [0.1, 0.15) is 0 Å². The zero-order valence-electron chi connectivity index (χ0n) is 17.4. The molecule has 0 aromatic heterocycles. The molecule has 3 aromatic rings. The van der Waals surface area contributed by atoms with Gasteiger partial charge in [-0.15, -0.1) is 0 Å². The molecule has 154 valence electrons. The van der Waals surface area contributed by atoms with Crippen LogP contribution in [0.25, 0.3) is 0 Å². The summed E-state index contributed by atoms with van der Waals surface area (Å²) in [6, 6.07) is 27.3. The minimum absolute atomic E-state index is 0.211. The molecular formula is C27H23NO3. The molecule has 0 fully saturated rings. The highest BCUT2D eigenvalue weighted by atomic mass is 16.3. The number of allylic oxidation sites excluding steroid dienone is 2. The summed E-state index contributed by atoms with van der Waals surface area (Å²) in [5.74, 6) is -0.483. The molecule has 0 spiro atoms. The van der Waals surface area contributed by atoms with E-state index >= 15 is 0 Å². The third kappa shape index (κ3) is 3.51. The second-order valence-electron chi connectivity index (χ2n) is 7.51. The molecule has 4 rings (SSSR count). The molecule has 1 aliphatic heterocycles. The van der Waals surface area contributed by atoms with E-state index in [0.29, 0.717) is 22.4 Å². The van der Waals surface area contributed by atoms with Crippen LogP contribution in [0.1, 0.15) is 29.8 Å². The van der Waals surface area contributed by atoms with Crippen molar-refractivity contribution in [2.45, 2.75) is 19.6 Å². The molecule has 0 amide bonds. The summed E-state index contributed by atoms with van der Waals surface area (Å²) < 4.78 is 0. The summed E-state index contributed by atoms with van der Waals surface area (Å²) >= 11 is 0. The largest absolute Gasteiger partial charge is 0.363 e. The fourth-order valence-electron chi connectivity index (χ4n) is 4.19. The first-order valence-electron chi connectivity index (χ1n) is 10.1. The van der Waals surface area contributed by atoms with Crippen LogP contribution in [0.4, 0.5) is 5.69 Å². The third-order valence-corrected chi connectivity index (χ3v) is 5.54. The highest BCUT2D eigenvalue weighted by Crippen LogP contribution is 2.49. The van der Waals surface area contributed by atoms with Crippen molar-refractivity contribution in [1.82, 2.24) is 0 Å². The lowest BCUT2D eigenvalue weighted by molar-refractivity contribution is -0.113. The van der Waals surface area contributed by atoms with Gasteiger partial charge in [0.2, 0.25) is 0 Å². The number of para-hydroxylation sites is 1. The lowest BCUT2D eigenvalue weighted by Crippen LogP contribution is -2.43. The number of carbonyl (C=O) groups excluding carboxylic acids is 2. The summed E-state index contributed by atoms with van der Waals surface area (Å²) in [5.41, 5.74) is 1.29. The van der Waals surface area contributed by atoms with Crippen molar-refractivity contribution in [3.8, 4) is 0 Å². The van der Waals surface area contributed by atoms with Gasteiger partial charge in [0, 0.05) is 33.7 Å². The predicted molar refractivity (Wildman–Crippen MR) is 121 cm³/mol. The Kier molecular flexibility index (Phi) is 5.40. The van der Waals surface area contributed by atoms with E-state index < -0.39 is 5.72 Å². The maximum absolute atomic E-state index is 13.1. The number of hydrogen-bond donors (Lipinski definition) is 1. The van der Waals surface area contributed by atoms with Crippen molar-refractivity contribution in [1.29, 1.82) is 0 Å². The topological polar surface area (TPSA) is 57.6 Å². The van der Waals surface area contributed by atoms with Crippen LogP contribution >= 0.6 is 0 Å². The number of anilines is 1. The molecule has 3 aromatic carbocycles. The number of carbonyl (C=O) groups is 2. The molecule has 0 aliphatic carbocycles. The zero-order chi connectivity index (χ0) is 22.0. The SMILES string of the molecule is CC(=O)C1=C(C)N(c2ccccc2)C(O)(c2ccccc2)C1=CC(=O)c1ccccc1. The Hall–Kier alpha value is -3.76. The molecule has 0 saturated heterocycles. The number of benzene rings is 3. The molecule has 4 nitrogen and oxygen atoms in total. The Morgan fingerprint density at radius 1 is 0.839 bits per heavy atom. The van der Waals surface area contributed by atoms with Crippen LogP contribution in [0.5, 0.6) is 0 Å². The van der Waals surface area contributed by atoms with E-state index in [1.54, 1.807) is 48.2 Å².